The summed E-state index contributed by atoms with van der Waals surface area (Å²) < 4.78 is 6.29. The molecule has 1 aromatic carbocycles. The molecule has 0 aliphatic heterocycles. The number of thiophene rings is 1. The number of nitrogens with zero attached hydrogens (tertiary/aromatic N) is 1. The SMILES string of the molecule is C[C@@]12CC34CCC=C[C@]3(c3cccs3)[C@H]4[C@]1(OC(=O)c1ccc([N+](=O)[O-])cc1)C2. The number of carbonyl (C=O) groups excluding carboxylic acids is 1. The van der Waals surface area contributed by atoms with Crippen molar-refractivity contribution in [3.8, 4) is 0 Å². The zero-order valence-electron chi connectivity index (χ0n) is 16.1. The Balaban J connectivity index is 1.35. The van der Waals surface area contributed by atoms with Crippen LogP contribution in [0.15, 0.2) is 53.9 Å². The maximum atomic E-state index is 13.0. The van der Waals surface area contributed by atoms with E-state index in [9.17, 15) is 14.9 Å². The smallest absolute Gasteiger partial charge is 0.338 e. The molecule has 1 aromatic heterocycles. The van der Waals surface area contributed by atoms with Crippen LogP contribution in [0, 0.1) is 26.9 Å². The highest BCUT2D eigenvalue weighted by molar-refractivity contribution is 7.10. The molecule has 6 rings (SSSR count). The second kappa shape index (κ2) is 5.17. The molecule has 1 heterocycles. The quantitative estimate of drug-likeness (QED) is 0.300. The lowest BCUT2D eigenvalue weighted by Crippen LogP contribution is -2.31. The predicted octanol–water partition coefficient (Wildman–Crippen LogP) is 5.27. The zero-order chi connectivity index (χ0) is 20.1. The second-order valence-electron chi connectivity index (χ2n) is 9.37. The van der Waals surface area contributed by atoms with Crippen molar-refractivity contribution in [2.45, 2.75) is 43.6 Å². The van der Waals surface area contributed by atoms with Crippen LogP contribution in [0.1, 0.15) is 47.8 Å². The summed E-state index contributed by atoms with van der Waals surface area (Å²) in [6.07, 6.45) is 8.94. The highest BCUT2D eigenvalue weighted by Crippen LogP contribution is 2.94. The van der Waals surface area contributed by atoms with Crippen molar-refractivity contribution in [3.63, 3.8) is 0 Å². The number of rotatable bonds is 4. The van der Waals surface area contributed by atoms with Crippen molar-refractivity contribution in [2.75, 3.05) is 0 Å². The van der Waals surface area contributed by atoms with E-state index in [2.05, 4.69) is 36.6 Å². The molecule has 4 aliphatic carbocycles. The standard InChI is InChI=1S/C23H21NO4S/c1-20-13-21-10-2-3-11-22(21,17-5-4-12-29-17)19(21)23(20,14-20)28-18(25)15-6-8-16(9-7-15)24(26)27/h3-9,11-12,19H,2,10,13-14H2,1H3/t19-,20-,21?,22-,23+/m0/s1. The van der Waals surface area contributed by atoms with Crippen LogP contribution >= 0.6 is 11.3 Å². The van der Waals surface area contributed by atoms with Gasteiger partial charge in [-0.3, -0.25) is 10.1 Å². The number of esters is 1. The largest absolute Gasteiger partial charge is 0.455 e. The maximum absolute atomic E-state index is 13.0. The molecule has 2 aromatic rings. The Bertz CT molecular complexity index is 1080. The van der Waals surface area contributed by atoms with E-state index in [4.69, 9.17) is 4.74 Å². The summed E-state index contributed by atoms with van der Waals surface area (Å²) in [7, 11) is 0. The van der Waals surface area contributed by atoms with Gasteiger partial charge in [-0.1, -0.05) is 25.1 Å². The molecule has 0 saturated heterocycles. The van der Waals surface area contributed by atoms with Crippen molar-refractivity contribution < 1.29 is 14.5 Å². The number of allylic oxidation sites excluding steroid dienone is 2. The molecule has 0 amide bonds. The van der Waals surface area contributed by atoms with Gasteiger partial charge in [0.1, 0.15) is 5.60 Å². The molecule has 1 unspecified atom stereocenters. The summed E-state index contributed by atoms with van der Waals surface area (Å²) in [5.41, 5.74) is 0.181. The van der Waals surface area contributed by atoms with Crippen molar-refractivity contribution >= 4 is 23.0 Å². The summed E-state index contributed by atoms with van der Waals surface area (Å²) in [6, 6.07) is 10.1. The monoisotopic (exact) mass is 407 g/mol. The van der Waals surface area contributed by atoms with Crippen LogP contribution < -0.4 is 0 Å². The molecule has 29 heavy (non-hydrogen) atoms. The molecule has 3 saturated carbocycles. The van der Waals surface area contributed by atoms with Crippen LogP contribution in [-0.2, 0) is 10.2 Å². The minimum absolute atomic E-state index is 0.00514. The fraction of sp³-hybridized carbons (Fsp3) is 0.435. The summed E-state index contributed by atoms with van der Waals surface area (Å²) in [4.78, 5) is 24.8. The number of fused-ring (bicyclic) bond motifs is 3. The van der Waals surface area contributed by atoms with Gasteiger partial charge >= 0.3 is 5.97 Å². The average molecular weight is 407 g/mol. The topological polar surface area (TPSA) is 69.4 Å². The van der Waals surface area contributed by atoms with Crippen molar-refractivity contribution in [3.05, 3.63) is 74.5 Å². The lowest BCUT2D eigenvalue weighted by atomic mass is 9.76. The first-order valence-electron chi connectivity index (χ1n) is 10.1. The Morgan fingerprint density at radius 3 is 2.72 bits per heavy atom. The lowest BCUT2D eigenvalue weighted by molar-refractivity contribution is -0.384. The molecule has 3 fully saturated rings. The first kappa shape index (κ1) is 17.4. The van der Waals surface area contributed by atoms with E-state index < -0.39 is 10.5 Å². The molecule has 148 valence electrons. The Morgan fingerprint density at radius 1 is 1.24 bits per heavy atom. The number of carbonyl (C=O) groups is 1. The van der Waals surface area contributed by atoms with Gasteiger partial charge in [-0.05, 0) is 54.7 Å². The van der Waals surface area contributed by atoms with Crippen LogP contribution in [0.25, 0.3) is 0 Å². The van der Waals surface area contributed by atoms with Gasteiger partial charge in [0.2, 0.25) is 0 Å². The number of hydrogen-bond donors (Lipinski definition) is 0. The first-order valence-corrected chi connectivity index (χ1v) is 11.0. The van der Waals surface area contributed by atoms with Crippen LogP contribution in [-0.4, -0.2) is 16.5 Å². The molecule has 5 atom stereocenters. The number of non-ortho nitro benzene ring substituents is 1. The van der Waals surface area contributed by atoms with Crippen LogP contribution in [0.5, 0.6) is 0 Å². The summed E-state index contributed by atoms with van der Waals surface area (Å²) in [5.74, 6) is -0.0403. The molecule has 0 bridgehead atoms. The van der Waals surface area contributed by atoms with E-state index in [1.165, 1.54) is 29.1 Å². The molecule has 1 spiro atoms. The predicted molar refractivity (Wildman–Crippen MR) is 109 cm³/mol. The maximum Gasteiger partial charge on any atom is 0.338 e. The number of hydrogen-bond acceptors (Lipinski definition) is 5. The first-order chi connectivity index (χ1) is 13.9. The van der Waals surface area contributed by atoms with E-state index >= 15 is 0 Å². The third-order valence-corrected chi connectivity index (χ3v) is 9.15. The molecule has 4 aliphatic rings. The lowest BCUT2D eigenvalue weighted by Gasteiger charge is -2.30. The summed E-state index contributed by atoms with van der Waals surface area (Å²) in [6.45, 7) is 2.26. The van der Waals surface area contributed by atoms with Crippen LogP contribution in [0.2, 0.25) is 0 Å². The third-order valence-electron chi connectivity index (χ3n) is 8.13. The Hall–Kier alpha value is -2.47. The van der Waals surface area contributed by atoms with E-state index in [0.29, 0.717) is 11.5 Å². The van der Waals surface area contributed by atoms with Gasteiger partial charge in [0.25, 0.3) is 5.69 Å². The number of nitro benzene ring substituents is 1. The second-order valence-corrected chi connectivity index (χ2v) is 10.3. The number of ether oxygens (including phenoxy) is 1. The van der Waals surface area contributed by atoms with Gasteiger partial charge in [-0.2, -0.15) is 0 Å². The van der Waals surface area contributed by atoms with E-state index in [1.807, 2.05) is 0 Å². The number of nitro groups is 1. The highest BCUT2D eigenvalue weighted by atomic mass is 32.1. The Morgan fingerprint density at radius 2 is 2.03 bits per heavy atom. The third kappa shape index (κ3) is 1.89. The van der Waals surface area contributed by atoms with Crippen molar-refractivity contribution in [1.82, 2.24) is 0 Å². The Labute approximate surface area is 172 Å². The average Bonchev–Trinajstić information content (AvgIpc) is 3.27. The van der Waals surface area contributed by atoms with Crippen molar-refractivity contribution in [2.24, 2.45) is 16.7 Å². The molecule has 6 heteroatoms. The van der Waals surface area contributed by atoms with Gasteiger partial charge in [0.15, 0.2) is 0 Å². The molecular weight excluding hydrogens is 386 g/mol. The fourth-order valence-corrected chi connectivity index (χ4v) is 8.08. The highest BCUT2D eigenvalue weighted by Gasteiger charge is 2.96. The van der Waals surface area contributed by atoms with Gasteiger partial charge in [-0.25, -0.2) is 4.79 Å². The summed E-state index contributed by atoms with van der Waals surface area (Å²) >= 11 is 1.80. The van der Waals surface area contributed by atoms with E-state index in [1.54, 1.807) is 11.3 Å². The fourth-order valence-electron chi connectivity index (χ4n) is 7.04. The van der Waals surface area contributed by atoms with Gasteiger partial charge in [0, 0.05) is 33.8 Å². The minimum Gasteiger partial charge on any atom is -0.455 e. The Kier molecular flexibility index (Phi) is 3.10. The van der Waals surface area contributed by atoms with E-state index in [0.717, 1.165) is 25.7 Å². The van der Waals surface area contributed by atoms with E-state index in [-0.39, 0.29) is 27.9 Å². The molecule has 0 N–H and O–H groups in total. The number of benzene rings is 1. The molecule has 5 nitrogen and oxygen atoms in total. The normalized spacial score (nSPS) is 40.5. The molecule has 0 radical (unpaired) electrons. The van der Waals surface area contributed by atoms with Gasteiger partial charge < -0.3 is 4.74 Å². The molecular formula is C23H21NO4S. The zero-order valence-corrected chi connectivity index (χ0v) is 16.9. The summed E-state index contributed by atoms with van der Waals surface area (Å²) in [5, 5.41) is 13.0. The van der Waals surface area contributed by atoms with Crippen LogP contribution in [0.3, 0.4) is 0 Å². The minimum atomic E-state index is -0.460. The van der Waals surface area contributed by atoms with Gasteiger partial charge in [-0.15, -0.1) is 11.3 Å². The van der Waals surface area contributed by atoms with Crippen LogP contribution in [0.4, 0.5) is 5.69 Å². The van der Waals surface area contributed by atoms with Gasteiger partial charge in [0.05, 0.1) is 10.5 Å². The van der Waals surface area contributed by atoms with Crippen molar-refractivity contribution in [1.29, 1.82) is 0 Å².